The normalized spacial score (nSPS) is 15.9. The van der Waals surface area contributed by atoms with Crippen molar-refractivity contribution in [2.45, 2.75) is 0 Å². The topological polar surface area (TPSA) is 55.8 Å². The van der Waals surface area contributed by atoms with Gasteiger partial charge in [-0.1, -0.05) is 18.2 Å². The number of ether oxygens (including phenoxy) is 2. The van der Waals surface area contributed by atoms with Crippen molar-refractivity contribution < 1.29 is 19.1 Å². The summed E-state index contributed by atoms with van der Waals surface area (Å²) in [5.41, 5.74) is 1.27. The molecule has 2 amide bonds. The molecular weight excluding hydrogens is 326 g/mol. The van der Waals surface area contributed by atoms with E-state index in [9.17, 15) is 9.59 Å². The van der Waals surface area contributed by atoms with Crippen molar-refractivity contribution in [1.82, 2.24) is 0 Å². The summed E-state index contributed by atoms with van der Waals surface area (Å²) < 4.78 is 10.5. The zero-order valence-electron chi connectivity index (χ0n) is 13.2. The number of imide groups is 1. The van der Waals surface area contributed by atoms with Crippen LogP contribution in [0, 0.1) is 0 Å². The molecule has 5 nitrogen and oxygen atoms in total. The van der Waals surface area contributed by atoms with Gasteiger partial charge in [0.2, 0.25) is 0 Å². The van der Waals surface area contributed by atoms with Crippen molar-refractivity contribution in [2.24, 2.45) is 0 Å². The van der Waals surface area contributed by atoms with Crippen molar-refractivity contribution in [1.29, 1.82) is 0 Å². The van der Waals surface area contributed by atoms with Crippen molar-refractivity contribution in [2.75, 3.05) is 19.1 Å². The van der Waals surface area contributed by atoms with E-state index in [2.05, 4.69) is 0 Å². The van der Waals surface area contributed by atoms with Crippen LogP contribution in [-0.2, 0) is 4.79 Å². The fourth-order valence-corrected chi connectivity index (χ4v) is 3.18. The molecule has 0 bridgehead atoms. The Morgan fingerprint density at radius 3 is 2.42 bits per heavy atom. The second-order valence-electron chi connectivity index (χ2n) is 4.96. The predicted octanol–water partition coefficient (Wildman–Crippen LogP) is 3.94. The van der Waals surface area contributed by atoms with Crippen LogP contribution in [0.5, 0.6) is 11.5 Å². The average molecular weight is 341 g/mol. The summed E-state index contributed by atoms with van der Waals surface area (Å²) >= 11 is 0.912. The Morgan fingerprint density at radius 1 is 1.00 bits per heavy atom. The van der Waals surface area contributed by atoms with Gasteiger partial charge in [0.05, 0.1) is 24.8 Å². The number of benzene rings is 2. The number of rotatable bonds is 4. The van der Waals surface area contributed by atoms with E-state index in [1.54, 1.807) is 62.8 Å². The SMILES string of the molecule is COc1ccc(C=C2SC(=O)N(c3ccccc3)C2=O)c(OC)c1. The molecule has 24 heavy (non-hydrogen) atoms. The summed E-state index contributed by atoms with van der Waals surface area (Å²) in [6.45, 7) is 0. The number of nitrogens with zero attached hydrogens (tertiary/aromatic N) is 1. The minimum absolute atomic E-state index is 0.315. The standard InChI is InChI=1S/C18H15NO4S/c1-22-14-9-8-12(15(11-14)23-2)10-16-17(20)19(18(21)24-16)13-6-4-3-5-7-13/h3-11H,1-2H3. The lowest BCUT2D eigenvalue weighted by Crippen LogP contribution is -2.27. The highest BCUT2D eigenvalue weighted by molar-refractivity contribution is 8.19. The molecule has 1 saturated heterocycles. The molecule has 0 aromatic heterocycles. The van der Waals surface area contributed by atoms with E-state index in [4.69, 9.17) is 9.47 Å². The molecule has 3 rings (SSSR count). The van der Waals surface area contributed by atoms with Crippen molar-refractivity contribution in [3.8, 4) is 11.5 Å². The fraction of sp³-hybridized carbons (Fsp3) is 0.111. The number of hydrogen-bond donors (Lipinski definition) is 0. The largest absolute Gasteiger partial charge is 0.497 e. The van der Waals surface area contributed by atoms with Gasteiger partial charge in [-0.2, -0.15) is 0 Å². The molecule has 0 radical (unpaired) electrons. The van der Waals surface area contributed by atoms with E-state index >= 15 is 0 Å². The van der Waals surface area contributed by atoms with Gasteiger partial charge in [0.25, 0.3) is 11.1 Å². The molecule has 0 N–H and O–H groups in total. The molecule has 1 aliphatic heterocycles. The first-order chi connectivity index (χ1) is 11.6. The Bertz CT molecular complexity index is 817. The third kappa shape index (κ3) is 3.00. The summed E-state index contributed by atoms with van der Waals surface area (Å²) in [4.78, 5) is 26.3. The number of para-hydroxylation sites is 1. The number of carbonyl (C=O) groups is 2. The zero-order valence-corrected chi connectivity index (χ0v) is 14.0. The number of carbonyl (C=O) groups excluding carboxylic acids is 2. The number of anilines is 1. The summed E-state index contributed by atoms with van der Waals surface area (Å²) in [6, 6.07) is 14.2. The van der Waals surface area contributed by atoms with Crippen LogP contribution in [0.15, 0.2) is 53.4 Å². The molecule has 1 aliphatic rings. The quantitative estimate of drug-likeness (QED) is 0.788. The lowest BCUT2D eigenvalue weighted by molar-refractivity contribution is -0.113. The van der Waals surface area contributed by atoms with Gasteiger partial charge >= 0.3 is 0 Å². The molecular formula is C18H15NO4S. The van der Waals surface area contributed by atoms with Gasteiger partial charge in [-0.25, -0.2) is 4.90 Å². The second kappa shape index (κ2) is 6.80. The number of amides is 2. The molecule has 6 heteroatoms. The maximum absolute atomic E-state index is 12.6. The van der Waals surface area contributed by atoms with Gasteiger partial charge < -0.3 is 9.47 Å². The monoisotopic (exact) mass is 341 g/mol. The van der Waals surface area contributed by atoms with Gasteiger partial charge in [-0.05, 0) is 42.1 Å². The first kappa shape index (κ1) is 16.1. The highest BCUT2D eigenvalue weighted by atomic mass is 32.2. The maximum atomic E-state index is 12.6. The minimum atomic E-state index is -0.339. The van der Waals surface area contributed by atoms with E-state index in [-0.39, 0.29) is 11.1 Å². The van der Waals surface area contributed by atoms with Gasteiger partial charge in [0, 0.05) is 11.6 Å². The van der Waals surface area contributed by atoms with Crippen LogP contribution in [0.25, 0.3) is 6.08 Å². The third-order valence-electron chi connectivity index (χ3n) is 3.54. The second-order valence-corrected chi connectivity index (χ2v) is 5.95. The Balaban J connectivity index is 1.95. The van der Waals surface area contributed by atoms with Crippen LogP contribution >= 0.6 is 11.8 Å². The first-order valence-corrected chi connectivity index (χ1v) is 8.00. The molecule has 0 spiro atoms. The average Bonchev–Trinajstić information content (AvgIpc) is 2.89. The van der Waals surface area contributed by atoms with Gasteiger partial charge in [0.15, 0.2) is 0 Å². The van der Waals surface area contributed by atoms with Gasteiger partial charge in [-0.3, -0.25) is 9.59 Å². The summed E-state index contributed by atoms with van der Waals surface area (Å²) in [5, 5.41) is -0.315. The Kier molecular flexibility index (Phi) is 4.57. The third-order valence-corrected chi connectivity index (χ3v) is 4.40. The zero-order chi connectivity index (χ0) is 17.1. The first-order valence-electron chi connectivity index (χ1n) is 7.19. The van der Waals surface area contributed by atoms with Gasteiger partial charge in [0.1, 0.15) is 11.5 Å². The molecule has 0 atom stereocenters. The van der Waals surface area contributed by atoms with Crippen molar-refractivity contribution >= 4 is 34.7 Å². The van der Waals surface area contributed by atoms with E-state index in [1.807, 2.05) is 6.07 Å². The number of hydrogen-bond acceptors (Lipinski definition) is 5. The summed E-state index contributed by atoms with van der Waals surface area (Å²) in [6.07, 6.45) is 1.66. The van der Waals surface area contributed by atoms with Crippen LogP contribution in [0.1, 0.15) is 5.56 Å². The molecule has 0 aliphatic carbocycles. The number of methoxy groups -OCH3 is 2. The minimum Gasteiger partial charge on any atom is -0.497 e. The molecule has 122 valence electrons. The predicted molar refractivity (Wildman–Crippen MR) is 94.4 cm³/mol. The Hall–Kier alpha value is -2.73. The fourth-order valence-electron chi connectivity index (χ4n) is 2.35. The summed E-state index contributed by atoms with van der Waals surface area (Å²) in [5.74, 6) is 0.885. The molecule has 1 heterocycles. The van der Waals surface area contributed by atoms with Crippen molar-refractivity contribution in [3.63, 3.8) is 0 Å². The Labute approximate surface area is 143 Å². The van der Waals surface area contributed by atoms with E-state index < -0.39 is 0 Å². The molecule has 1 fully saturated rings. The lowest BCUT2D eigenvalue weighted by Gasteiger charge is -2.11. The number of thioether (sulfide) groups is 1. The van der Waals surface area contributed by atoms with E-state index in [0.29, 0.717) is 27.7 Å². The molecule has 2 aromatic carbocycles. The Morgan fingerprint density at radius 2 is 1.75 bits per heavy atom. The molecule has 0 saturated carbocycles. The van der Waals surface area contributed by atoms with Crippen LogP contribution < -0.4 is 14.4 Å². The highest BCUT2D eigenvalue weighted by Gasteiger charge is 2.36. The molecule has 0 unspecified atom stereocenters. The molecule has 2 aromatic rings. The van der Waals surface area contributed by atoms with Crippen molar-refractivity contribution in [3.05, 3.63) is 59.0 Å². The van der Waals surface area contributed by atoms with Crippen LogP contribution in [0.4, 0.5) is 10.5 Å². The van der Waals surface area contributed by atoms with Gasteiger partial charge in [-0.15, -0.1) is 0 Å². The highest BCUT2D eigenvalue weighted by Crippen LogP contribution is 2.37. The van der Waals surface area contributed by atoms with E-state index in [0.717, 1.165) is 11.8 Å². The van der Waals surface area contributed by atoms with Crippen LogP contribution in [0.2, 0.25) is 0 Å². The van der Waals surface area contributed by atoms with Crippen LogP contribution in [-0.4, -0.2) is 25.4 Å². The smallest absolute Gasteiger partial charge is 0.298 e. The lowest BCUT2D eigenvalue weighted by atomic mass is 10.1. The van der Waals surface area contributed by atoms with Crippen LogP contribution in [0.3, 0.4) is 0 Å². The summed E-state index contributed by atoms with van der Waals surface area (Å²) in [7, 11) is 3.11. The maximum Gasteiger partial charge on any atom is 0.298 e. The van der Waals surface area contributed by atoms with E-state index in [1.165, 1.54) is 4.90 Å².